The van der Waals surface area contributed by atoms with Crippen molar-refractivity contribution in [3.63, 3.8) is 0 Å². The van der Waals surface area contributed by atoms with Crippen molar-refractivity contribution in [1.29, 1.82) is 0 Å². The average molecular weight is 292 g/mol. The van der Waals surface area contributed by atoms with Crippen molar-refractivity contribution in [3.8, 4) is 0 Å². The molecule has 0 saturated carbocycles. The molecule has 1 aromatic rings. The van der Waals surface area contributed by atoms with E-state index >= 15 is 0 Å². The fourth-order valence-electron chi connectivity index (χ4n) is 1.82. The fourth-order valence-corrected chi connectivity index (χ4v) is 1.82. The molecule has 0 radical (unpaired) electrons. The summed E-state index contributed by atoms with van der Waals surface area (Å²) in [4.78, 5) is 11.0. The summed E-state index contributed by atoms with van der Waals surface area (Å²) in [7, 11) is 1.50. The zero-order chi connectivity index (χ0) is 15.7. The molecular weight excluding hydrogens is 277 g/mol. The van der Waals surface area contributed by atoms with Crippen molar-refractivity contribution in [2.24, 2.45) is 0 Å². The van der Waals surface area contributed by atoms with Gasteiger partial charge in [-0.15, -0.1) is 0 Å². The minimum Gasteiger partial charge on any atom is -0.389 e. The Kier molecular flexibility index (Phi) is 4.28. The van der Waals surface area contributed by atoms with Gasteiger partial charge in [-0.05, 0) is 26.0 Å². The minimum atomic E-state index is -4.81. The molecule has 112 valence electrons. The summed E-state index contributed by atoms with van der Waals surface area (Å²) in [6.07, 6.45) is -4.81. The van der Waals surface area contributed by atoms with Gasteiger partial charge >= 0.3 is 6.18 Å². The van der Waals surface area contributed by atoms with Crippen LogP contribution in [0.1, 0.15) is 19.4 Å². The van der Waals surface area contributed by atoms with E-state index in [1.807, 2.05) is 0 Å². The van der Waals surface area contributed by atoms with Crippen LogP contribution in [0.15, 0.2) is 18.2 Å². The maximum Gasteiger partial charge on any atom is 0.423 e. The minimum absolute atomic E-state index is 0.0854. The summed E-state index contributed by atoms with van der Waals surface area (Å²) >= 11 is 0. The lowest BCUT2D eigenvalue weighted by atomic mass is 10.1. The summed E-state index contributed by atoms with van der Waals surface area (Å²) < 4.78 is 38.5. The van der Waals surface area contributed by atoms with Gasteiger partial charge in [-0.3, -0.25) is 10.1 Å². The Balaban J connectivity index is 3.23. The topological polar surface area (TPSA) is 66.6 Å². The lowest BCUT2D eigenvalue weighted by Gasteiger charge is -2.27. The van der Waals surface area contributed by atoms with E-state index in [-0.39, 0.29) is 12.2 Å². The summed E-state index contributed by atoms with van der Waals surface area (Å²) in [6, 6.07) is 2.75. The highest BCUT2D eigenvalue weighted by molar-refractivity contribution is 5.56. The van der Waals surface area contributed by atoms with Crippen LogP contribution in [0.25, 0.3) is 0 Å². The molecule has 0 heterocycles. The summed E-state index contributed by atoms with van der Waals surface area (Å²) in [5.74, 6) is 0. The van der Waals surface area contributed by atoms with Crippen LogP contribution in [-0.2, 0) is 6.18 Å². The lowest BCUT2D eigenvalue weighted by molar-refractivity contribution is -0.388. The maximum atomic E-state index is 12.8. The predicted molar refractivity (Wildman–Crippen MR) is 67.7 cm³/mol. The number of halogens is 3. The largest absolute Gasteiger partial charge is 0.423 e. The predicted octanol–water partition coefficient (Wildman–Crippen LogP) is 2.82. The molecule has 0 amide bonds. The summed E-state index contributed by atoms with van der Waals surface area (Å²) in [5, 5.41) is 20.3. The second-order valence-electron chi connectivity index (χ2n) is 5.12. The van der Waals surface area contributed by atoms with Crippen molar-refractivity contribution in [3.05, 3.63) is 33.9 Å². The molecule has 0 aliphatic heterocycles. The molecule has 1 aromatic carbocycles. The van der Waals surface area contributed by atoms with E-state index in [1.54, 1.807) is 0 Å². The van der Waals surface area contributed by atoms with E-state index in [0.29, 0.717) is 6.07 Å². The van der Waals surface area contributed by atoms with Crippen LogP contribution >= 0.6 is 0 Å². The van der Waals surface area contributed by atoms with Crippen molar-refractivity contribution < 1.29 is 23.2 Å². The van der Waals surface area contributed by atoms with Gasteiger partial charge in [0, 0.05) is 25.3 Å². The lowest BCUT2D eigenvalue weighted by Crippen LogP contribution is -2.36. The van der Waals surface area contributed by atoms with Crippen LogP contribution in [0.5, 0.6) is 0 Å². The van der Waals surface area contributed by atoms with E-state index in [2.05, 4.69) is 0 Å². The van der Waals surface area contributed by atoms with Crippen LogP contribution in [0, 0.1) is 10.1 Å². The zero-order valence-electron chi connectivity index (χ0n) is 11.2. The molecule has 8 heteroatoms. The Bertz CT molecular complexity index is 510. The van der Waals surface area contributed by atoms with E-state index in [1.165, 1.54) is 31.9 Å². The van der Waals surface area contributed by atoms with E-state index in [9.17, 15) is 28.4 Å². The highest BCUT2D eigenvalue weighted by atomic mass is 19.4. The maximum absolute atomic E-state index is 12.8. The molecule has 0 atom stereocenters. The molecule has 20 heavy (non-hydrogen) atoms. The first-order chi connectivity index (χ1) is 8.92. The second kappa shape index (κ2) is 5.28. The number of anilines is 1. The first-order valence-electron chi connectivity index (χ1n) is 5.71. The van der Waals surface area contributed by atoms with E-state index in [4.69, 9.17) is 0 Å². The molecule has 0 bridgehead atoms. The van der Waals surface area contributed by atoms with Gasteiger partial charge in [0.1, 0.15) is 5.56 Å². The first kappa shape index (κ1) is 16.2. The molecule has 0 aliphatic carbocycles. The highest BCUT2D eigenvalue weighted by Crippen LogP contribution is 2.38. The third-order valence-electron chi connectivity index (χ3n) is 2.55. The third kappa shape index (κ3) is 4.09. The number of aliphatic hydroxyl groups is 1. The van der Waals surface area contributed by atoms with Crippen LogP contribution in [-0.4, -0.2) is 29.2 Å². The van der Waals surface area contributed by atoms with Crippen LogP contribution < -0.4 is 4.90 Å². The Labute approximate surface area is 113 Å². The number of hydrogen-bond donors (Lipinski definition) is 1. The number of rotatable bonds is 4. The average Bonchev–Trinajstić information content (AvgIpc) is 2.24. The number of nitro groups is 1. The summed E-state index contributed by atoms with van der Waals surface area (Å²) in [5.41, 5.74) is -3.25. The Morgan fingerprint density at radius 1 is 1.35 bits per heavy atom. The molecule has 0 aromatic heterocycles. The molecule has 0 fully saturated rings. The van der Waals surface area contributed by atoms with E-state index in [0.717, 1.165) is 6.07 Å². The Hall–Kier alpha value is -1.83. The smallest absolute Gasteiger partial charge is 0.389 e. The Morgan fingerprint density at radius 2 is 1.90 bits per heavy atom. The second-order valence-corrected chi connectivity index (χ2v) is 5.12. The van der Waals surface area contributed by atoms with Gasteiger partial charge in [0.2, 0.25) is 0 Å². The van der Waals surface area contributed by atoms with Gasteiger partial charge in [-0.25, -0.2) is 0 Å². The van der Waals surface area contributed by atoms with Crippen molar-refractivity contribution in [2.75, 3.05) is 18.5 Å². The molecule has 0 unspecified atom stereocenters. The number of alkyl halides is 3. The molecule has 0 spiro atoms. The Morgan fingerprint density at radius 3 is 2.30 bits per heavy atom. The number of hydrogen-bond acceptors (Lipinski definition) is 4. The van der Waals surface area contributed by atoms with Crippen molar-refractivity contribution in [2.45, 2.75) is 25.6 Å². The van der Waals surface area contributed by atoms with Crippen LogP contribution in [0.4, 0.5) is 24.5 Å². The van der Waals surface area contributed by atoms with Crippen molar-refractivity contribution in [1.82, 2.24) is 0 Å². The number of benzene rings is 1. The number of nitrogens with zero attached hydrogens (tertiary/aromatic N) is 2. The fraction of sp³-hybridized carbons (Fsp3) is 0.500. The standard InChI is InChI=1S/C12H15F3N2O3/c1-11(2,18)7-16(3)8-4-5-10(17(19)20)9(6-8)12(13,14)15/h4-6,18H,7H2,1-3H3. The molecule has 0 aliphatic rings. The van der Waals surface area contributed by atoms with Gasteiger partial charge in [0.15, 0.2) is 0 Å². The molecule has 5 nitrogen and oxygen atoms in total. The van der Waals surface area contributed by atoms with Gasteiger partial charge < -0.3 is 10.0 Å². The van der Waals surface area contributed by atoms with Crippen LogP contribution in [0.2, 0.25) is 0 Å². The third-order valence-corrected chi connectivity index (χ3v) is 2.55. The SMILES string of the molecule is CN(CC(C)(C)O)c1ccc([N+](=O)[O-])c(C(F)(F)F)c1. The number of nitro benzene ring substituents is 1. The van der Waals surface area contributed by atoms with Gasteiger partial charge in [0.25, 0.3) is 5.69 Å². The molecular formula is C12H15F3N2O3. The van der Waals surface area contributed by atoms with E-state index < -0.39 is 28.0 Å². The monoisotopic (exact) mass is 292 g/mol. The quantitative estimate of drug-likeness (QED) is 0.684. The molecule has 1 N–H and O–H groups in total. The summed E-state index contributed by atoms with van der Waals surface area (Å²) in [6.45, 7) is 3.11. The molecule has 1 rings (SSSR count). The number of likely N-dealkylation sites (N-methyl/N-ethyl adjacent to an activating group) is 1. The normalized spacial score (nSPS) is 12.3. The van der Waals surface area contributed by atoms with Gasteiger partial charge in [-0.2, -0.15) is 13.2 Å². The van der Waals surface area contributed by atoms with Gasteiger partial charge in [-0.1, -0.05) is 0 Å². The van der Waals surface area contributed by atoms with Crippen LogP contribution in [0.3, 0.4) is 0 Å². The zero-order valence-corrected chi connectivity index (χ0v) is 11.2. The first-order valence-corrected chi connectivity index (χ1v) is 5.71. The van der Waals surface area contributed by atoms with Gasteiger partial charge in [0.05, 0.1) is 10.5 Å². The highest BCUT2D eigenvalue weighted by Gasteiger charge is 2.38. The molecule has 0 saturated heterocycles. The van der Waals surface area contributed by atoms with Crippen molar-refractivity contribution >= 4 is 11.4 Å².